The van der Waals surface area contributed by atoms with Crippen LogP contribution in [-0.2, 0) is 24.1 Å². The Hall–Kier alpha value is -2.42. The van der Waals surface area contributed by atoms with Crippen LogP contribution in [0.4, 0.5) is 17.6 Å². The quantitative estimate of drug-likeness (QED) is 0.643. The van der Waals surface area contributed by atoms with Gasteiger partial charge in [0.15, 0.2) is 5.69 Å². The van der Waals surface area contributed by atoms with E-state index in [4.69, 9.17) is 0 Å². The highest BCUT2D eigenvalue weighted by molar-refractivity contribution is 5.78. The summed E-state index contributed by atoms with van der Waals surface area (Å²) < 4.78 is 54.0. The molecule has 1 saturated heterocycles. The Bertz CT molecular complexity index is 930. The molecule has 2 aliphatic rings. The predicted molar refractivity (Wildman–Crippen MR) is 107 cm³/mol. The second kappa shape index (κ2) is 8.61. The van der Waals surface area contributed by atoms with Crippen molar-refractivity contribution in [1.82, 2.24) is 19.6 Å². The summed E-state index contributed by atoms with van der Waals surface area (Å²) in [5.41, 5.74) is 0.576. The third-order valence-electron chi connectivity index (χ3n) is 5.94. The maximum atomic E-state index is 13.4. The van der Waals surface area contributed by atoms with E-state index in [2.05, 4.69) is 10.00 Å². The van der Waals surface area contributed by atoms with Crippen molar-refractivity contribution >= 4 is 5.91 Å². The van der Waals surface area contributed by atoms with Gasteiger partial charge in [0.2, 0.25) is 5.91 Å². The zero-order chi connectivity index (χ0) is 22.2. The highest BCUT2D eigenvalue weighted by Gasteiger charge is 2.38. The predicted octanol–water partition coefficient (Wildman–Crippen LogP) is 3.90. The van der Waals surface area contributed by atoms with Gasteiger partial charge < -0.3 is 4.90 Å². The smallest absolute Gasteiger partial charge is 0.340 e. The molecule has 0 spiro atoms. The molecule has 1 aliphatic carbocycles. The summed E-state index contributed by atoms with van der Waals surface area (Å²) in [7, 11) is 0. The van der Waals surface area contributed by atoms with E-state index in [1.165, 1.54) is 16.8 Å². The van der Waals surface area contributed by atoms with Crippen molar-refractivity contribution in [3.8, 4) is 0 Å². The summed E-state index contributed by atoms with van der Waals surface area (Å²) >= 11 is 0. The molecule has 168 valence electrons. The molecule has 4 rings (SSSR count). The molecule has 0 bridgehead atoms. The van der Waals surface area contributed by atoms with Crippen molar-refractivity contribution in [1.29, 1.82) is 0 Å². The molecular weight excluding hydrogens is 412 g/mol. The lowest BCUT2D eigenvalue weighted by atomic mass is 10.1. The number of nitrogens with zero attached hydrogens (tertiary/aromatic N) is 4. The molecule has 2 heterocycles. The van der Waals surface area contributed by atoms with Gasteiger partial charge in [-0.1, -0.05) is 19.1 Å². The Balaban J connectivity index is 1.34. The first-order chi connectivity index (χ1) is 14.7. The molecule has 1 atom stereocenters. The van der Waals surface area contributed by atoms with Gasteiger partial charge in [-0.05, 0) is 36.6 Å². The number of piperazine rings is 1. The number of aromatic nitrogens is 2. The van der Waals surface area contributed by atoms with Gasteiger partial charge >= 0.3 is 6.18 Å². The van der Waals surface area contributed by atoms with Gasteiger partial charge in [-0.25, -0.2) is 4.39 Å². The topological polar surface area (TPSA) is 41.4 Å². The van der Waals surface area contributed by atoms with Crippen LogP contribution >= 0.6 is 0 Å². The van der Waals surface area contributed by atoms with E-state index in [0.717, 1.165) is 24.5 Å². The number of benzene rings is 1. The molecule has 0 N–H and O–H groups in total. The Labute approximate surface area is 178 Å². The highest BCUT2D eigenvalue weighted by Crippen LogP contribution is 2.42. The van der Waals surface area contributed by atoms with Crippen molar-refractivity contribution < 1.29 is 22.4 Å². The second-order valence-corrected chi connectivity index (χ2v) is 8.54. The Morgan fingerprint density at radius 1 is 1.16 bits per heavy atom. The van der Waals surface area contributed by atoms with Crippen LogP contribution in [0.1, 0.15) is 42.6 Å². The average Bonchev–Trinajstić information content (AvgIpc) is 3.47. The minimum Gasteiger partial charge on any atom is -0.340 e. The summed E-state index contributed by atoms with van der Waals surface area (Å²) in [5.74, 6) is -0.695. The van der Waals surface area contributed by atoms with Crippen LogP contribution in [0.3, 0.4) is 0 Å². The number of alkyl halides is 3. The molecule has 5 nitrogen and oxygen atoms in total. The monoisotopic (exact) mass is 438 g/mol. The van der Waals surface area contributed by atoms with Crippen molar-refractivity contribution in [2.45, 2.75) is 44.9 Å². The second-order valence-electron chi connectivity index (χ2n) is 8.54. The van der Waals surface area contributed by atoms with Crippen molar-refractivity contribution in [3.63, 3.8) is 0 Å². The maximum absolute atomic E-state index is 13.4. The van der Waals surface area contributed by atoms with Gasteiger partial charge in [0.1, 0.15) is 5.82 Å². The zero-order valence-electron chi connectivity index (χ0n) is 17.4. The van der Waals surface area contributed by atoms with Crippen LogP contribution in [-0.4, -0.2) is 51.7 Å². The lowest BCUT2D eigenvalue weighted by molar-refractivity contribution is -0.141. The first-order valence-corrected chi connectivity index (χ1v) is 10.6. The number of hydrogen-bond acceptors (Lipinski definition) is 3. The number of carbonyl (C=O) groups is 1. The molecule has 9 heteroatoms. The largest absolute Gasteiger partial charge is 0.435 e. The summed E-state index contributed by atoms with van der Waals surface area (Å²) in [4.78, 5) is 16.8. The molecule has 1 aromatic heterocycles. The third-order valence-corrected chi connectivity index (χ3v) is 5.94. The molecule has 31 heavy (non-hydrogen) atoms. The maximum Gasteiger partial charge on any atom is 0.435 e. The van der Waals surface area contributed by atoms with E-state index in [-0.39, 0.29) is 24.2 Å². The normalized spacial score (nSPS) is 18.9. The van der Waals surface area contributed by atoms with Crippen LogP contribution in [0.5, 0.6) is 0 Å². The number of hydrogen-bond donors (Lipinski definition) is 0. The van der Waals surface area contributed by atoms with Gasteiger partial charge in [-0.15, -0.1) is 0 Å². The molecule has 2 fully saturated rings. The molecule has 2 aromatic rings. The third kappa shape index (κ3) is 5.26. The van der Waals surface area contributed by atoms with Crippen LogP contribution < -0.4 is 0 Å². The first-order valence-electron chi connectivity index (χ1n) is 10.6. The van der Waals surface area contributed by atoms with E-state index < -0.39 is 17.8 Å². The lowest BCUT2D eigenvalue weighted by Crippen LogP contribution is -2.50. The molecule has 0 radical (unpaired) electrons. The summed E-state index contributed by atoms with van der Waals surface area (Å²) in [6.45, 7) is 4.93. The fraction of sp³-hybridized carbons (Fsp3) is 0.545. The van der Waals surface area contributed by atoms with E-state index in [1.54, 1.807) is 17.9 Å². The lowest BCUT2D eigenvalue weighted by Gasteiger charge is -2.36. The number of amides is 1. The Morgan fingerprint density at radius 2 is 1.87 bits per heavy atom. The van der Waals surface area contributed by atoms with Crippen LogP contribution in [0, 0.1) is 11.7 Å². The van der Waals surface area contributed by atoms with E-state index in [9.17, 15) is 22.4 Å². The van der Waals surface area contributed by atoms with Gasteiger partial charge in [-0.2, -0.15) is 18.3 Å². The average molecular weight is 438 g/mol. The van der Waals surface area contributed by atoms with Gasteiger partial charge in [0, 0.05) is 44.3 Å². The number of rotatable bonds is 6. The van der Waals surface area contributed by atoms with E-state index in [1.807, 2.05) is 6.07 Å². The molecule has 1 aromatic carbocycles. The fourth-order valence-corrected chi connectivity index (χ4v) is 4.09. The van der Waals surface area contributed by atoms with E-state index >= 15 is 0 Å². The molecular formula is C22H26F4N4O. The minimum absolute atomic E-state index is 0.0730. The van der Waals surface area contributed by atoms with Crippen molar-refractivity contribution in [3.05, 3.63) is 53.1 Å². The summed E-state index contributed by atoms with van der Waals surface area (Å²) in [6, 6.07) is 7.60. The highest BCUT2D eigenvalue weighted by atomic mass is 19.4. The van der Waals surface area contributed by atoms with Crippen LogP contribution in [0.15, 0.2) is 30.3 Å². The van der Waals surface area contributed by atoms with Crippen LogP contribution in [0.2, 0.25) is 0 Å². The number of carbonyl (C=O) groups excluding carboxylic acids is 1. The van der Waals surface area contributed by atoms with Gasteiger partial charge in [0.25, 0.3) is 0 Å². The van der Waals surface area contributed by atoms with Crippen molar-refractivity contribution in [2.75, 3.05) is 26.2 Å². The van der Waals surface area contributed by atoms with Gasteiger partial charge in [0.05, 0.1) is 12.5 Å². The number of halogens is 4. The summed E-state index contributed by atoms with van der Waals surface area (Å²) in [6.07, 6.45) is -2.77. The van der Waals surface area contributed by atoms with E-state index in [0.29, 0.717) is 38.4 Å². The molecule has 1 unspecified atom stereocenters. The SMILES string of the molecule is CC(Cn1nc(C(F)(F)F)cc1C1CC1)C(=O)N1CCN(Cc2cccc(F)c2)CC1. The fourth-order valence-electron chi connectivity index (χ4n) is 4.09. The Morgan fingerprint density at radius 3 is 2.48 bits per heavy atom. The van der Waals surface area contributed by atoms with Crippen LogP contribution in [0.25, 0.3) is 0 Å². The minimum atomic E-state index is -4.49. The molecule has 1 amide bonds. The standard InChI is InChI=1S/C22H26F4N4O/c1-15(13-30-19(17-5-6-17)12-20(27-30)22(24,25)26)21(31)29-9-7-28(8-10-29)14-16-3-2-4-18(23)11-16/h2-4,11-12,15,17H,5-10,13-14H2,1H3. The summed E-state index contributed by atoms with van der Waals surface area (Å²) in [5, 5.41) is 3.76. The van der Waals surface area contributed by atoms with Gasteiger partial charge in [-0.3, -0.25) is 14.4 Å². The Kier molecular flexibility index (Phi) is 6.05. The van der Waals surface area contributed by atoms with Crippen molar-refractivity contribution in [2.24, 2.45) is 5.92 Å². The first kappa shape index (κ1) is 21.8. The molecule has 1 saturated carbocycles. The molecule has 1 aliphatic heterocycles. The zero-order valence-corrected chi connectivity index (χ0v) is 17.4.